The van der Waals surface area contributed by atoms with E-state index in [1.54, 1.807) is 32.4 Å². The normalized spacial score (nSPS) is 10.4. The maximum atomic E-state index is 12.0. The van der Waals surface area contributed by atoms with Crippen LogP contribution in [-0.4, -0.2) is 24.0 Å². The SMILES string of the molecule is COc1ccc(OC)c(Cn2ncc(Cl)c(Cl)c2=O)c1. The lowest BCUT2D eigenvalue weighted by Crippen LogP contribution is -2.24. The molecule has 1 heterocycles. The summed E-state index contributed by atoms with van der Waals surface area (Å²) in [5.74, 6) is 1.29. The van der Waals surface area contributed by atoms with Gasteiger partial charge < -0.3 is 9.47 Å². The molecule has 7 heteroatoms. The van der Waals surface area contributed by atoms with Crippen molar-refractivity contribution >= 4 is 23.2 Å². The lowest BCUT2D eigenvalue weighted by atomic mass is 10.2. The first-order valence-electron chi connectivity index (χ1n) is 5.69. The van der Waals surface area contributed by atoms with Crippen molar-refractivity contribution < 1.29 is 9.47 Å². The second kappa shape index (κ2) is 6.15. The summed E-state index contributed by atoms with van der Waals surface area (Å²) < 4.78 is 11.6. The van der Waals surface area contributed by atoms with Gasteiger partial charge in [0.2, 0.25) is 0 Å². The molecule has 1 aromatic carbocycles. The van der Waals surface area contributed by atoms with Crippen molar-refractivity contribution in [3.05, 3.63) is 50.4 Å². The van der Waals surface area contributed by atoms with Gasteiger partial charge in [0, 0.05) is 5.56 Å². The maximum absolute atomic E-state index is 12.0. The minimum atomic E-state index is -0.455. The second-order valence-electron chi connectivity index (χ2n) is 3.95. The molecule has 0 bridgehead atoms. The van der Waals surface area contributed by atoms with Crippen LogP contribution in [0.3, 0.4) is 0 Å². The van der Waals surface area contributed by atoms with E-state index in [-0.39, 0.29) is 16.6 Å². The molecular formula is C13H12Cl2N2O3. The predicted molar refractivity (Wildman–Crippen MR) is 77.2 cm³/mol. The Morgan fingerprint density at radius 1 is 1.25 bits per heavy atom. The van der Waals surface area contributed by atoms with E-state index in [1.165, 1.54) is 10.9 Å². The van der Waals surface area contributed by atoms with Crippen molar-refractivity contribution in [3.63, 3.8) is 0 Å². The lowest BCUT2D eigenvalue weighted by Gasteiger charge is -2.11. The molecule has 0 saturated heterocycles. The first kappa shape index (κ1) is 14.7. The first-order valence-corrected chi connectivity index (χ1v) is 6.44. The number of halogens is 2. The Morgan fingerprint density at radius 3 is 2.65 bits per heavy atom. The molecule has 0 atom stereocenters. The maximum Gasteiger partial charge on any atom is 0.287 e. The summed E-state index contributed by atoms with van der Waals surface area (Å²) in [4.78, 5) is 12.0. The fourth-order valence-corrected chi connectivity index (χ4v) is 2.00. The zero-order chi connectivity index (χ0) is 14.7. The molecule has 0 spiro atoms. The summed E-state index contributed by atoms with van der Waals surface area (Å²) in [5.41, 5.74) is 0.295. The largest absolute Gasteiger partial charge is 0.497 e. The third-order valence-electron chi connectivity index (χ3n) is 2.75. The van der Waals surface area contributed by atoms with Gasteiger partial charge in [-0.25, -0.2) is 4.68 Å². The molecule has 0 unspecified atom stereocenters. The average molecular weight is 315 g/mol. The molecule has 0 aliphatic rings. The number of hydrogen-bond donors (Lipinski definition) is 0. The average Bonchev–Trinajstić information content (AvgIpc) is 2.47. The van der Waals surface area contributed by atoms with E-state index in [0.29, 0.717) is 11.5 Å². The first-order chi connectivity index (χ1) is 9.56. The minimum Gasteiger partial charge on any atom is -0.497 e. The van der Waals surface area contributed by atoms with Crippen LogP contribution in [0.2, 0.25) is 10.0 Å². The number of rotatable bonds is 4. The van der Waals surface area contributed by atoms with Crippen LogP contribution in [0.15, 0.2) is 29.2 Å². The van der Waals surface area contributed by atoms with Crippen LogP contribution < -0.4 is 15.0 Å². The molecule has 2 aromatic rings. The van der Waals surface area contributed by atoms with Crippen LogP contribution in [-0.2, 0) is 6.54 Å². The molecule has 0 aliphatic carbocycles. The van der Waals surface area contributed by atoms with E-state index in [9.17, 15) is 4.79 Å². The summed E-state index contributed by atoms with van der Waals surface area (Å²) in [6.45, 7) is 0.204. The summed E-state index contributed by atoms with van der Waals surface area (Å²) >= 11 is 11.6. The van der Waals surface area contributed by atoms with Gasteiger partial charge in [0.15, 0.2) is 0 Å². The fraction of sp³-hybridized carbons (Fsp3) is 0.231. The molecule has 2 rings (SSSR count). The van der Waals surface area contributed by atoms with Crippen LogP contribution in [0.4, 0.5) is 0 Å². The molecule has 0 aliphatic heterocycles. The summed E-state index contributed by atoms with van der Waals surface area (Å²) in [6, 6.07) is 5.31. The van der Waals surface area contributed by atoms with Crippen molar-refractivity contribution in [3.8, 4) is 11.5 Å². The molecule has 5 nitrogen and oxygen atoms in total. The molecule has 106 valence electrons. The number of benzene rings is 1. The van der Waals surface area contributed by atoms with Gasteiger partial charge >= 0.3 is 0 Å². The van der Waals surface area contributed by atoms with Crippen molar-refractivity contribution in [2.24, 2.45) is 0 Å². The highest BCUT2D eigenvalue weighted by molar-refractivity contribution is 6.41. The molecule has 0 N–H and O–H groups in total. The topological polar surface area (TPSA) is 53.4 Å². The van der Waals surface area contributed by atoms with Gasteiger partial charge in [0.25, 0.3) is 5.56 Å². The highest BCUT2D eigenvalue weighted by atomic mass is 35.5. The predicted octanol–water partition coefficient (Wildman–Crippen LogP) is 2.62. The molecule has 0 fully saturated rings. The number of hydrogen-bond acceptors (Lipinski definition) is 4. The Kier molecular flexibility index (Phi) is 4.52. The molecular weight excluding hydrogens is 303 g/mol. The lowest BCUT2D eigenvalue weighted by molar-refractivity contribution is 0.396. The van der Waals surface area contributed by atoms with Gasteiger partial charge in [-0.05, 0) is 18.2 Å². The summed E-state index contributed by atoms with van der Waals surface area (Å²) in [5, 5.41) is 4.03. The fourth-order valence-electron chi connectivity index (χ4n) is 1.72. The number of nitrogens with zero attached hydrogens (tertiary/aromatic N) is 2. The van der Waals surface area contributed by atoms with Crippen LogP contribution >= 0.6 is 23.2 Å². The monoisotopic (exact) mass is 314 g/mol. The van der Waals surface area contributed by atoms with E-state index < -0.39 is 5.56 Å². The molecule has 0 radical (unpaired) electrons. The highest BCUT2D eigenvalue weighted by Gasteiger charge is 2.11. The van der Waals surface area contributed by atoms with E-state index in [1.807, 2.05) is 0 Å². The Balaban J connectivity index is 2.44. The second-order valence-corrected chi connectivity index (χ2v) is 4.73. The van der Waals surface area contributed by atoms with Gasteiger partial charge in [-0.3, -0.25) is 4.79 Å². The van der Waals surface area contributed by atoms with E-state index in [0.717, 1.165) is 5.56 Å². The van der Waals surface area contributed by atoms with Crippen LogP contribution in [0, 0.1) is 0 Å². The zero-order valence-corrected chi connectivity index (χ0v) is 12.4. The summed E-state index contributed by atoms with van der Waals surface area (Å²) in [6.07, 6.45) is 1.33. The number of ether oxygens (including phenoxy) is 2. The van der Waals surface area contributed by atoms with E-state index in [4.69, 9.17) is 32.7 Å². The van der Waals surface area contributed by atoms with Crippen molar-refractivity contribution in [2.45, 2.75) is 6.54 Å². The smallest absolute Gasteiger partial charge is 0.287 e. The third kappa shape index (κ3) is 2.89. The van der Waals surface area contributed by atoms with Gasteiger partial charge in [0.1, 0.15) is 16.5 Å². The summed E-state index contributed by atoms with van der Waals surface area (Å²) in [7, 11) is 3.12. The van der Waals surface area contributed by atoms with E-state index >= 15 is 0 Å². The van der Waals surface area contributed by atoms with Crippen molar-refractivity contribution in [1.29, 1.82) is 0 Å². The Bertz CT molecular complexity index is 686. The van der Waals surface area contributed by atoms with Gasteiger partial charge in [0.05, 0.1) is 32.0 Å². The van der Waals surface area contributed by atoms with Crippen LogP contribution in [0.25, 0.3) is 0 Å². The van der Waals surface area contributed by atoms with Crippen molar-refractivity contribution in [2.75, 3.05) is 14.2 Å². The Morgan fingerprint density at radius 2 is 2.00 bits per heavy atom. The van der Waals surface area contributed by atoms with Gasteiger partial charge in [-0.1, -0.05) is 23.2 Å². The van der Waals surface area contributed by atoms with Gasteiger partial charge in [-0.15, -0.1) is 0 Å². The standard InChI is InChI=1S/C13H12Cl2N2O3/c1-19-9-3-4-11(20-2)8(5-9)7-17-13(18)12(15)10(14)6-16-17/h3-6H,7H2,1-2H3. The third-order valence-corrected chi connectivity index (χ3v) is 3.50. The van der Waals surface area contributed by atoms with Gasteiger partial charge in [-0.2, -0.15) is 5.10 Å². The highest BCUT2D eigenvalue weighted by Crippen LogP contribution is 2.24. The quantitative estimate of drug-likeness (QED) is 0.870. The molecule has 1 aromatic heterocycles. The molecule has 0 saturated carbocycles. The number of methoxy groups -OCH3 is 2. The number of aromatic nitrogens is 2. The van der Waals surface area contributed by atoms with E-state index in [2.05, 4.69) is 5.10 Å². The van der Waals surface area contributed by atoms with Crippen LogP contribution in [0.1, 0.15) is 5.56 Å². The van der Waals surface area contributed by atoms with Crippen LogP contribution in [0.5, 0.6) is 11.5 Å². The molecule has 20 heavy (non-hydrogen) atoms. The Hall–Kier alpha value is -1.72. The zero-order valence-electron chi connectivity index (χ0n) is 10.9. The Labute approximate surface area is 125 Å². The minimum absolute atomic E-state index is 0.0523. The van der Waals surface area contributed by atoms with Crippen molar-refractivity contribution in [1.82, 2.24) is 9.78 Å². The molecule has 0 amide bonds.